The van der Waals surface area contributed by atoms with Crippen LogP contribution in [-0.2, 0) is 4.74 Å². The van der Waals surface area contributed by atoms with Gasteiger partial charge in [-0.15, -0.1) is 0 Å². The monoisotopic (exact) mass is 253 g/mol. The highest BCUT2D eigenvalue weighted by molar-refractivity contribution is 7.80. The summed E-state index contributed by atoms with van der Waals surface area (Å²) >= 11 is 5.18. The van der Waals surface area contributed by atoms with Gasteiger partial charge in [0.15, 0.2) is 5.11 Å². The molecule has 94 valence electrons. The van der Waals surface area contributed by atoms with E-state index < -0.39 is 0 Å². The molecule has 0 amide bonds. The van der Waals surface area contributed by atoms with E-state index in [2.05, 4.69) is 15.6 Å². The summed E-state index contributed by atoms with van der Waals surface area (Å²) < 4.78 is 5.24. The summed E-state index contributed by atoms with van der Waals surface area (Å²) in [4.78, 5) is 4.05. The van der Waals surface area contributed by atoms with Gasteiger partial charge < -0.3 is 15.4 Å². The second-order valence-corrected chi connectivity index (χ2v) is 4.03. The summed E-state index contributed by atoms with van der Waals surface area (Å²) in [5, 5.41) is 6.87. The largest absolute Gasteiger partial charge is 0.382 e. The molecule has 0 aliphatic heterocycles. The van der Waals surface area contributed by atoms with E-state index in [9.17, 15) is 0 Å². The van der Waals surface area contributed by atoms with E-state index in [0.717, 1.165) is 37.4 Å². The molecule has 0 saturated carbocycles. The average Bonchev–Trinajstić information content (AvgIpc) is 2.32. The molecule has 1 heterocycles. The molecule has 1 rings (SSSR count). The van der Waals surface area contributed by atoms with Crippen LogP contribution in [0.4, 0.5) is 5.69 Å². The van der Waals surface area contributed by atoms with Crippen molar-refractivity contribution >= 4 is 23.0 Å². The van der Waals surface area contributed by atoms with Gasteiger partial charge in [-0.2, -0.15) is 0 Å². The molecule has 0 saturated heterocycles. The number of aryl methyl sites for hydroxylation is 1. The minimum Gasteiger partial charge on any atom is -0.382 e. The molecule has 0 aliphatic carbocycles. The third kappa shape index (κ3) is 5.60. The van der Waals surface area contributed by atoms with E-state index in [0.29, 0.717) is 5.11 Å². The Kier molecular flexibility index (Phi) is 6.50. The van der Waals surface area contributed by atoms with Crippen molar-refractivity contribution in [2.24, 2.45) is 0 Å². The normalized spacial score (nSPS) is 10.0. The molecule has 5 heteroatoms. The maximum atomic E-state index is 5.24. The SMILES string of the molecule is CCOCCCNC(=S)Nc1cnccc1C. The lowest BCUT2D eigenvalue weighted by Crippen LogP contribution is -2.30. The summed E-state index contributed by atoms with van der Waals surface area (Å²) in [6.45, 7) is 6.34. The number of nitrogens with zero attached hydrogens (tertiary/aromatic N) is 1. The second kappa shape index (κ2) is 7.97. The van der Waals surface area contributed by atoms with Crippen LogP contribution < -0.4 is 10.6 Å². The average molecular weight is 253 g/mol. The molecule has 0 fully saturated rings. The first-order valence-corrected chi connectivity index (χ1v) is 6.18. The van der Waals surface area contributed by atoms with E-state index in [1.54, 1.807) is 12.4 Å². The summed E-state index contributed by atoms with van der Waals surface area (Å²) in [5.41, 5.74) is 2.06. The number of rotatable bonds is 6. The first-order chi connectivity index (χ1) is 8.24. The highest BCUT2D eigenvalue weighted by Gasteiger charge is 1.99. The van der Waals surface area contributed by atoms with Crippen molar-refractivity contribution in [3.8, 4) is 0 Å². The summed E-state index contributed by atoms with van der Waals surface area (Å²) in [7, 11) is 0. The fraction of sp³-hybridized carbons (Fsp3) is 0.500. The van der Waals surface area contributed by atoms with Crippen molar-refractivity contribution in [1.82, 2.24) is 10.3 Å². The lowest BCUT2D eigenvalue weighted by molar-refractivity contribution is 0.146. The van der Waals surface area contributed by atoms with Gasteiger partial charge in [-0.25, -0.2) is 0 Å². The van der Waals surface area contributed by atoms with Crippen LogP contribution in [0.15, 0.2) is 18.5 Å². The Hall–Kier alpha value is -1.20. The number of aromatic nitrogens is 1. The molecule has 0 radical (unpaired) electrons. The molecule has 0 bridgehead atoms. The first-order valence-electron chi connectivity index (χ1n) is 5.77. The Bertz CT molecular complexity index is 357. The van der Waals surface area contributed by atoms with Crippen LogP contribution in [0.5, 0.6) is 0 Å². The van der Waals surface area contributed by atoms with Crippen LogP contribution in [0.1, 0.15) is 18.9 Å². The van der Waals surface area contributed by atoms with Gasteiger partial charge in [-0.05, 0) is 44.1 Å². The molecule has 0 atom stereocenters. The number of pyridine rings is 1. The molecule has 0 aliphatic rings. The Morgan fingerprint density at radius 1 is 1.53 bits per heavy atom. The molecule has 1 aromatic rings. The number of ether oxygens (including phenoxy) is 1. The van der Waals surface area contributed by atoms with E-state index in [1.807, 2.05) is 19.9 Å². The third-order valence-electron chi connectivity index (χ3n) is 2.24. The van der Waals surface area contributed by atoms with Gasteiger partial charge in [-0.3, -0.25) is 4.98 Å². The van der Waals surface area contributed by atoms with Crippen molar-refractivity contribution in [2.75, 3.05) is 25.1 Å². The molecular weight excluding hydrogens is 234 g/mol. The number of hydrogen-bond acceptors (Lipinski definition) is 3. The lowest BCUT2D eigenvalue weighted by Gasteiger charge is -2.11. The van der Waals surface area contributed by atoms with E-state index in [1.165, 1.54) is 0 Å². The van der Waals surface area contributed by atoms with E-state index in [-0.39, 0.29) is 0 Å². The van der Waals surface area contributed by atoms with Crippen LogP contribution in [0.2, 0.25) is 0 Å². The van der Waals surface area contributed by atoms with Crippen molar-refractivity contribution in [1.29, 1.82) is 0 Å². The standard InChI is InChI=1S/C12H19N3OS/c1-3-16-8-4-6-14-12(17)15-11-9-13-7-5-10(11)2/h5,7,9H,3-4,6,8H2,1-2H3,(H2,14,15,17). The van der Waals surface area contributed by atoms with Crippen LogP contribution in [-0.4, -0.2) is 29.9 Å². The van der Waals surface area contributed by atoms with Gasteiger partial charge in [-0.1, -0.05) is 0 Å². The van der Waals surface area contributed by atoms with E-state index in [4.69, 9.17) is 17.0 Å². The molecule has 17 heavy (non-hydrogen) atoms. The molecular formula is C12H19N3OS. The molecule has 0 spiro atoms. The highest BCUT2D eigenvalue weighted by atomic mass is 32.1. The smallest absolute Gasteiger partial charge is 0.170 e. The molecule has 4 nitrogen and oxygen atoms in total. The van der Waals surface area contributed by atoms with Gasteiger partial charge in [0.1, 0.15) is 0 Å². The zero-order valence-corrected chi connectivity index (χ0v) is 11.1. The number of hydrogen-bond donors (Lipinski definition) is 2. The minimum absolute atomic E-state index is 0.623. The molecule has 1 aromatic heterocycles. The van der Waals surface area contributed by atoms with E-state index >= 15 is 0 Å². The number of thiocarbonyl (C=S) groups is 1. The van der Waals surface area contributed by atoms with Crippen LogP contribution >= 0.6 is 12.2 Å². The Morgan fingerprint density at radius 3 is 3.06 bits per heavy atom. The third-order valence-corrected chi connectivity index (χ3v) is 2.49. The topological polar surface area (TPSA) is 46.2 Å². The quantitative estimate of drug-likeness (QED) is 0.600. The van der Waals surface area contributed by atoms with Crippen molar-refractivity contribution in [3.63, 3.8) is 0 Å². The van der Waals surface area contributed by atoms with Crippen LogP contribution in [0.25, 0.3) is 0 Å². The number of anilines is 1. The number of nitrogens with one attached hydrogen (secondary N) is 2. The highest BCUT2D eigenvalue weighted by Crippen LogP contribution is 2.10. The maximum absolute atomic E-state index is 5.24. The second-order valence-electron chi connectivity index (χ2n) is 3.62. The summed E-state index contributed by atoms with van der Waals surface area (Å²) in [5.74, 6) is 0. The predicted molar refractivity (Wildman–Crippen MR) is 74.3 cm³/mol. The maximum Gasteiger partial charge on any atom is 0.170 e. The Labute approximate surface area is 108 Å². The molecule has 2 N–H and O–H groups in total. The van der Waals surface area contributed by atoms with Gasteiger partial charge in [0.25, 0.3) is 0 Å². The lowest BCUT2D eigenvalue weighted by atomic mass is 10.2. The minimum atomic E-state index is 0.623. The van der Waals surface area contributed by atoms with Gasteiger partial charge in [0, 0.05) is 26.0 Å². The van der Waals surface area contributed by atoms with Crippen molar-refractivity contribution in [3.05, 3.63) is 24.0 Å². The Balaban J connectivity index is 2.23. The zero-order chi connectivity index (χ0) is 12.5. The first kappa shape index (κ1) is 13.9. The van der Waals surface area contributed by atoms with Gasteiger partial charge in [0.05, 0.1) is 11.9 Å². The zero-order valence-electron chi connectivity index (χ0n) is 10.3. The predicted octanol–water partition coefficient (Wildman–Crippen LogP) is 2.10. The molecule has 0 aromatic carbocycles. The fourth-order valence-electron chi connectivity index (χ4n) is 1.28. The van der Waals surface area contributed by atoms with Gasteiger partial charge in [0.2, 0.25) is 0 Å². The summed E-state index contributed by atoms with van der Waals surface area (Å²) in [6, 6.07) is 1.94. The van der Waals surface area contributed by atoms with Crippen molar-refractivity contribution in [2.45, 2.75) is 20.3 Å². The Morgan fingerprint density at radius 2 is 2.35 bits per heavy atom. The fourth-order valence-corrected chi connectivity index (χ4v) is 1.49. The summed E-state index contributed by atoms with van der Waals surface area (Å²) in [6.07, 6.45) is 4.48. The molecule has 0 unspecified atom stereocenters. The van der Waals surface area contributed by atoms with Crippen LogP contribution in [0.3, 0.4) is 0 Å². The van der Waals surface area contributed by atoms with Crippen molar-refractivity contribution < 1.29 is 4.74 Å². The van der Waals surface area contributed by atoms with Crippen LogP contribution in [0, 0.1) is 6.92 Å². The van der Waals surface area contributed by atoms with Gasteiger partial charge >= 0.3 is 0 Å².